The van der Waals surface area contributed by atoms with E-state index >= 15 is 0 Å². The molecule has 0 aliphatic rings. The van der Waals surface area contributed by atoms with Crippen molar-refractivity contribution in [3.05, 3.63) is 24.0 Å². The maximum Gasteiger partial charge on any atom is 0.412 e. The molecule has 0 saturated heterocycles. The second-order valence-corrected chi connectivity index (χ2v) is 6.88. The summed E-state index contributed by atoms with van der Waals surface area (Å²) in [6.07, 6.45) is 1.86. The predicted molar refractivity (Wildman–Crippen MR) is 84.3 cm³/mol. The van der Waals surface area contributed by atoms with Gasteiger partial charge in [-0.25, -0.2) is 9.59 Å². The van der Waals surface area contributed by atoms with Gasteiger partial charge in [0.05, 0.1) is 17.4 Å². The van der Waals surface area contributed by atoms with Crippen molar-refractivity contribution in [1.82, 2.24) is 4.98 Å². The van der Waals surface area contributed by atoms with Crippen molar-refractivity contribution >= 4 is 23.5 Å². The van der Waals surface area contributed by atoms with Crippen LogP contribution in [0.3, 0.4) is 0 Å². The highest BCUT2D eigenvalue weighted by Gasteiger charge is 2.27. The fourth-order valence-electron chi connectivity index (χ4n) is 1.54. The lowest BCUT2D eigenvalue weighted by Crippen LogP contribution is -2.30. The van der Waals surface area contributed by atoms with Crippen LogP contribution in [0, 0.1) is 0 Å². The Labute approximate surface area is 135 Å². The summed E-state index contributed by atoms with van der Waals surface area (Å²) in [5.41, 5.74) is -1.42. The topological polar surface area (TPSA) is 94.6 Å². The Morgan fingerprint density at radius 3 is 2.09 bits per heavy atom. The molecule has 0 radical (unpaired) electrons. The lowest BCUT2D eigenvalue weighted by Gasteiger charge is -2.21. The molecule has 1 N–H and O–H groups in total. The highest BCUT2D eigenvalue weighted by molar-refractivity contribution is 6.42. The van der Waals surface area contributed by atoms with Gasteiger partial charge in [0.25, 0.3) is 5.78 Å². The van der Waals surface area contributed by atoms with Crippen molar-refractivity contribution in [2.24, 2.45) is 0 Å². The number of esters is 1. The van der Waals surface area contributed by atoms with E-state index in [4.69, 9.17) is 9.47 Å². The van der Waals surface area contributed by atoms with Crippen molar-refractivity contribution in [1.29, 1.82) is 0 Å². The number of carbonyl (C=O) groups is 3. The number of nitrogens with one attached hydrogen (secondary N) is 1. The molecule has 0 aliphatic carbocycles. The zero-order chi connectivity index (χ0) is 17.8. The maximum atomic E-state index is 12.2. The van der Waals surface area contributed by atoms with Crippen molar-refractivity contribution in [2.45, 2.75) is 52.7 Å². The molecule has 0 unspecified atom stereocenters. The fourth-order valence-corrected chi connectivity index (χ4v) is 1.54. The first kappa shape index (κ1) is 18.6. The molecule has 0 bridgehead atoms. The Kier molecular flexibility index (Phi) is 5.47. The molecule has 0 fully saturated rings. The first-order valence-electron chi connectivity index (χ1n) is 7.11. The zero-order valence-electron chi connectivity index (χ0n) is 14.2. The van der Waals surface area contributed by atoms with Crippen LogP contribution in [0.4, 0.5) is 10.5 Å². The minimum Gasteiger partial charge on any atom is -0.454 e. The summed E-state index contributed by atoms with van der Waals surface area (Å²) in [4.78, 5) is 39.8. The van der Waals surface area contributed by atoms with Crippen LogP contribution >= 0.6 is 0 Å². The van der Waals surface area contributed by atoms with E-state index in [1.165, 1.54) is 18.5 Å². The van der Waals surface area contributed by atoms with Crippen molar-refractivity contribution in [3.8, 4) is 0 Å². The van der Waals surface area contributed by atoms with Crippen LogP contribution in [0.5, 0.6) is 0 Å². The minimum atomic E-state index is -1.00. The molecule has 0 saturated carbocycles. The molecule has 1 heterocycles. The van der Waals surface area contributed by atoms with E-state index in [0.717, 1.165) is 0 Å². The molecule has 1 rings (SSSR count). The van der Waals surface area contributed by atoms with Gasteiger partial charge < -0.3 is 9.47 Å². The van der Waals surface area contributed by atoms with Gasteiger partial charge in [-0.15, -0.1) is 0 Å². The van der Waals surface area contributed by atoms with Gasteiger partial charge in [0.15, 0.2) is 0 Å². The molecule has 7 heteroatoms. The van der Waals surface area contributed by atoms with Gasteiger partial charge in [0, 0.05) is 6.20 Å². The Morgan fingerprint density at radius 1 is 1.00 bits per heavy atom. The number of rotatable bonds is 3. The molecule has 0 spiro atoms. The first-order valence-corrected chi connectivity index (χ1v) is 7.11. The number of aromatic nitrogens is 1. The number of ketones is 1. The largest absolute Gasteiger partial charge is 0.454 e. The van der Waals surface area contributed by atoms with Gasteiger partial charge in [0.2, 0.25) is 0 Å². The summed E-state index contributed by atoms with van der Waals surface area (Å²) in [5.74, 6) is -1.87. The number of nitrogens with zero attached hydrogens (tertiary/aromatic N) is 1. The van der Waals surface area contributed by atoms with Crippen LogP contribution in [0.1, 0.15) is 51.9 Å². The Balaban J connectivity index is 2.95. The number of pyridine rings is 1. The molecule has 1 aromatic heterocycles. The smallest absolute Gasteiger partial charge is 0.412 e. The van der Waals surface area contributed by atoms with Crippen LogP contribution < -0.4 is 5.32 Å². The quantitative estimate of drug-likeness (QED) is 0.522. The summed E-state index contributed by atoms with van der Waals surface area (Å²) in [6.45, 7) is 10.1. The Bertz CT molecular complexity index is 612. The van der Waals surface area contributed by atoms with Crippen molar-refractivity contribution < 1.29 is 23.9 Å². The first-order chi connectivity index (χ1) is 10.4. The van der Waals surface area contributed by atoms with Gasteiger partial charge in [-0.2, -0.15) is 0 Å². The molecule has 1 amide bonds. The number of carbonyl (C=O) groups excluding carboxylic acids is 3. The van der Waals surface area contributed by atoms with E-state index in [-0.39, 0.29) is 11.3 Å². The highest BCUT2D eigenvalue weighted by atomic mass is 16.6. The number of amides is 1. The van der Waals surface area contributed by atoms with Crippen LogP contribution in [0.25, 0.3) is 0 Å². The van der Waals surface area contributed by atoms with Gasteiger partial charge >= 0.3 is 12.1 Å². The third-order valence-electron chi connectivity index (χ3n) is 2.29. The molecular formula is C16H22N2O5. The van der Waals surface area contributed by atoms with Crippen molar-refractivity contribution in [2.75, 3.05) is 5.32 Å². The molecule has 0 aromatic carbocycles. The average Bonchev–Trinajstić information content (AvgIpc) is 2.34. The van der Waals surface area contributed by atoms with Crippen LogP contribution in [0.15, 0.2) is 18.5 Å². The van der Waals surface area contributed by atoms with E-state index in [1.807, 2.05) is 0 Å². The van der Waals surface area contributed by atoms with Gasteiger partial charge in [-0.1, -0.05) is 0 Å². The van der Waals surface area contributed by atoms with Gasteiger partial charge in [0.1, 0.15) is 11.2 Å². The SMILES string of the molecule is CC(C)(C)OC(=O)Nc1cnccc1C(=O)C(=O)OC(C)(C)C. The van der Waals surface area contributed by atoms with Gasteiger partial charge in [-0.05, 0) is 47.6 Å². The lowest BCUT2D eigenvalue weighted by molar-refractivity contribution is -0.148. The summed E-state index contributed by atoms with van der Waals surface area (Å²) in [6, 6.07) is 1.33. The molecule has 7 nitrogen and oxygen atoms in total. The van der Waals surface area contributed by atoms with Crippen molar-refractivity contribution in [3.63, 3.8) is 0 Å². The van der Waals surface area contributed by atoms with E-state index < -0.39 is 29.0 Å². The third kappa shape index (κ3) is 6.46. The Hall–Kier alpha value is -2.44. The Morgan fingerprint density at radius 2 is 1.57 bits per heavy atom. The molecule has 0 atom stereocenters. The second kappa shape index (κ2) is 6.76. The predicted octanol–water partition coefficient (Wildman–Crippen LogP) is 2.95. The molecule has 23 heavy (non-hydrogen) atoms. The zero-order valence-corrected chi connectivity index (χ0v) is 14.2. The highest BCUT2D eigenvalue weighted by Crippen LogP contribution is 2.18. The number of hydrogen-bond acceptors (Lipinski definition) is 6. The van der Waals surface area contributed by atoms with Crippen LogP contribution in [-0.2, 0) is 14.3 Å². The lowest BCUT2D eigenvalue weighted by atomic mass is 10.1. The summed E-state index contributed by atoms with van der Waals surface area (Å²) < 4.78 is 10.2. The minimum absolute atomic E-state index is 0.0138. The molecular weight excluding hydrogens is 300 g/mol. The molecule has 0 aliphatic heterocycles. The van der Waals surface area contributed by atoms with E-state index in [0.29, 0.717) is 0 Å². The second-order valence-electron chi connectivity index (χ2n) is 6.88. The van der Waals surface area contributed by atoms with E-state index in [9.17, 15) is 14.4 Å². The van der Waals surface area contributed by atoms with Gasteiger partial charge in [-0.3, -0.25) is 15.1 Å². The number of ether oxygens (including phenoxy) is 2. The normalized spacial score (nSPS) is 11.6. The molecule has 1 aromatic rings. The summed E-state index contributed by atoms with van der Waals surface area (Å²) in [7, 11) is 0. The number of anilines is 1. The average molecular weight is 322 g/mol. The standard InChI is InChI=1S/C16H22N2O5/c1-15(2,3)22-13(20)12(19)10-7-8-17-9-11(10)18-14(21)23-16(4,5)6/h7-9H,1-6H3,(H,18,21). The number of Topliss-reactive ketones (excluding diaryl/α,β-unsaturated/α-hetero) is 1. The number of hydrogen-bond donors (Lipinski definition) is 1. The van der Waals surface area contributed by atoms with E-state index in [2.05, 4.69) is 10.3 Å². The van der Waals surface area contributed by atoms with Crippen LogP contribution in [-0.4, -0.2) is 34.0 Å². The van der Waals surface area contributed by atoms with E-state index in [1.54, 1.807) is 41.5 Å². The molecule has 126 valence electrons. The summed E-state index contributed by atoms with van der Waals surface area (Å²) >= 11 is 0. The fraction of sp³-hybridized carbons (Fsp3) is 0.500. The summed E-state index contributed by atoms with van der Waals surface area (Å²) in [5, 5.41) is 2.41. The third-order valence-corrected chi connectivity index (χ3v) is 2.29. The maximum absolute atomic E-state index is 12.2. The monoisotopic (exact) mass is 322 g/mol. The van der Waals surface area contributed by atoms with Crippen LogP contribution in [0.2, 0.25) is 0 Å².